The van der Waals surface area contributed by atoms with E-state index in [0.717, 1.165) is 0 Å². The third kappa shape index (κ3) is 3.48. The van der Waals surface area contributed by atoms with E-state index in [9.17, 15) is 4.79 Å². The molecule has 1 heterocycles. The third-order valence-electron chi connectivity index (χ3n) is 1.93. The summed E-state index contributed by atoms with van der Waals surface area (Å²) in [5.74, 6) is -0.666. The van der Waals surface area contributed by atoms with Gasteiger partial charge in [0.1, 0.15) is 5.82 Å². The lowest BCUT2D eigenvalue weighted by Crippen LogP contribution is -2.23. The highest BCUT2D eigenvalue weighted by Crippen LogP contribution is 2.10. The first-order valence-corrected chi connectivity index (χ1v) is 4.77. The minimum absolute atomic E-state index is 0.117. The van der Waals surface area contributed by atoms with Gasteiger partial charge in [0, 0.05) is 12.2 Å². The summed E-state index contributed by atoms with van der Waals surface area (Å²) in [6, 6.07) is 2.83. The van der Waals surface area contributed by atoms with Crippen LogP contribution in [0.2, 0.25) is 0 Å². The van der Waals surface area contributed by atoms with Gasteiger partial charge in [0.25, 0.3) is 0 Å². The molecule has 0 aliphatic rings. The van der Waals surface area contributed by atoms with Crippen molar-refractivity contribution in [3.63, 3.8) is 0 Å². The van der Waals surface area contributed by atoms with Gasteiger partial charge in [-0.05, 0) is 19.1 Å². The van der Waals surface area contributed by atoms with Crippen molar-refractivity contribution in [2.45, 2.75) is 13.0 Å². The fourth-order valence-corrected chi connectivity index (χ4v) is 1.17. The van der Waals surface area contributed by atoms with Gasteiger partial charge in [-0.25, -0.2) is 9.78 Å². The summed E-state index contributed by atoms with van der Waals surface area (Å²) in [4.78, 5) is 14.8. The average molecular weight is 226 g/mol. The van der Waals surface area contributed by atoms with Crippen molar-refractivity contribution in [3.05, 3.63) is 23.4 Å². The van der Waals surface area contributed by atoms with E-state index < -0.39 is 12.1 Å². The number of hydrogen-bond acceptors (Lipinski definition) is 5. The Hall–Kier alpha value is -1.66. The van der Waals surface area contributed by atoms with E-state index in [1.165, 1.54) is 12.1 Å². The third-order valence-corrected chi connectivity index (χ3v) is 1.93. The van der Waals surface area contributed by atoms with Crippen LogP contribution in [0.5, 0.6) is 0 Å². The summed E-state index contributed by atoms with van der Waals surface area (Å²) in [6.45, 7) is 1.44. The van der Waals surface area contributed by atoms with Crippen LogP contribution in [0.4, 0.5) is 5.82 Å². The second kappa shape index (κ2) is 5.43. The highest BCUT2D eigenvalue weighted by atomic mass is 16.4. The molecule has 0 bridgehead atoms. The van der Waals surface area contributed by atoms with E-state index in [1.54, 1.807) is 6.92 Å². The molecule has 0 aromatic carbocycles. The van der Waals surface area contributed by atoms with E-state index >= 15 is 0 Å². The molecule has 0 amide bonds. The Balaban J connectivity index is 2.76. The summed E-state index contributed by atoms with van der Waals surface area (Å²) in [5.41, 5.74) is 0.703. The van der Waals surface area contributed by atoms with Crippen LogP contribution in [0.25, 0.3) is 0 Å². The number of aliphatic hydroxyl groups is 2. The number of anilines is 1. The fourth-order valence-electron chi connectivity index (χ4n) is 1.17. The minimum Gasteiger partial charge on any atom is -0.478 e. The standard InChI is InChI=1S/C10H14N2O4/c1-6-2-7(10(15)16)3-9(12-6)11-4-8(14)5-13/h2-3,8,13-14H,4-5H2,1H3,(H,11,12)(H,15,16). The first-order valence-electron chi connectivity index (χ1n) is 4.77. The van der Waals surface area contributed by atoms with Crippen molar-refractivity contribution in [1.29, 1.82) is 0 Å². The van der Waals surface area contributed by atoms with Gasteiger partial charge in [0.05, 0.1) is 18.3 Å². The summed E-state index contributed by atoms with van der Waals surface area (Å²) < 4.78 is 0. The smallest absolute Gasteiger partial charge is 0.335 e. The predicted molar refractivity (Wildman–Crippen MR) is 57.5 cm³/mol. The van der Waals surface area contributed by atoms with Crippen LogP contribution in [0.15, 0.2) is 12.1 Å². The molecule has 6 nitrogen and oxygen atoms in total. The maximum Gasteiger partial charge on any atom is 0.335 e. The average Bonchev–Trinajstić information content (AvgIpc) is 2.25. The van der Waals surface area contributed by atoms with Crippen LogP contribution in [0.3, 0.4) is 0 Å². The van der Waals surface area contributed by atoms with Crippen LogP contribution < -0.4 is 5.32 Å². The Labute approximate surface area is 92.6 Å². The lowest BCUT2D eigenvalue weighted by Gasteiger charge is -2.10. The number of carboxylic acid groups (broad SMARTS) is 1. The first kappa shape index (κ1) is 12.4. The molecule has 0 saturated carbocycles. The van der Waals surface area contributed by atoms with E-state index in [4.69, 9.17) is 15.3 Å². The van der Waals surface area contributed by atoms with Gasteiger partial charge in [-0.15, -0.1) is 0 Å². The largest absolute Gasteiger partial charge is 0.478 e. The molecule has 0 saturated heterocycles. The highest BCUT2D eigenvalue weighted by Gasteiger charge is 2.07. The molecular weight excluding hydrogens is 212 g/mol. The molecule has 0 aliphatic heterocycles. The number of aliphatic hydroxyl groups excluding tert-OH is 2. The summed E-state index contributed by atoms with van der Waals surface area (Å²) in [7, 11) is 0. The number of aromatic nitrogens is 1. The SMILES string of the molecule is Cc1cc(C(=O)O)cc(NCC(O)CO)n1. The van der Waals surface area contributed by atoms with Gasteiger partial charge in [0.15, 0.2) is 0 Å². The minimum atomic E-state index is -1.03. The molecule has 0 radical (unpaired) electrons. The molecule has 16 heavy (non-hydrogen) atoms. The van der Waals surface area contributed by atoms with Gasteiger partial charge in [-0.2, -0.15) is 0 Å². The van der Waals surface area contributed by atoms with Gasteiger partial charge < -0.3 is 20.6 Å². The van der Waals surface area contributed by atoms with Crippen molar-refractivity contribution in [3.8, 4) is 0 Å². The molecule has 0 fully saturated rings. The summed E-state index contributed by atoms with van der Waals surface area (Å²) in [5, 5.41) is 29.3. The zero-order chi connectivity index (χ0) is 12.1. The van der Waals surface area contributed by atoms with Gasteiger partial charge >= 0.3 is 5.97 Å². The number of pyridine rings is 1. The molecule has 88 valence electrons. The van der Waals surface area contributed by atoms with E-state index in [2.05, 4.69) is 10.3 Å². The molecule has 1 aromatic heterocycles. The molecule has 1 rings (SSSR count). The van der Waals surface area contributed by atoms with Crippen molar-refractivity contribution in [2.75, 3.05) is 18.5 Å². The number of nitrogens with one attached hydrogen (secondary N) is 1. The Bertz CT molecular complexity index is 381. The van der Waals surface area contributed by atoms with Gasteiger partial charge in [-0.1, -0.05) is 0 Å². The second-order valence-electron chi connectivity index (χ2n) is 3.40. The highest BCUT2D eigenvalue weighted by molar-refractivity contribution is 5.88. The molecule has 1 aromatic rings. The number of carbonyl (C=O) groups is 1. The van der Waals surface area contributed by atoms with Crippen LogP contribution in [-0.4, -0.2) is 45.5 Å². The second-order valence-corrected chi connectivity index (χ2v) is 3.40. The number of nitrogens with zero attached hydrogens (tertiary/aromatic N) is 1. The Kier molecular flexibility index (Phi) is 4.21. The van der Waals surface area contributed by atoms with Crippen molar-refractivity contribution in [2.24, 2.45) is 0 Å². The lowest BCUT2D eigenvalue weighted by molar-refractivity contribution is 0.0696. The van der Waals surface area contributed by atoms with Crippen molar-refractivity contribution >= 4 is 11.8 Å². The van der Waals surface area contributed by atoms with Crippen LogP contribution in [0.1, 0.15) is 16.1 Å². The number of aromatic carboxylic acids is 1. The van der Waals surface area contributed by atoms with Crippen LogP contribution in [-0.2, 0) is 0 Å². The molecule has 1 atom stereocenters. The lowest BCUT2D eigenvalue weighted by atomic mass is 10.2. The van der Waals surface area contributed by atoms with Crippen molar-refractivity contribution in [1.82, 2.24) is 4.98 Å². The number of carboxylic acids is 1. The number of hydrogen-bond donors (Lipinski definition) is 4. The Morgan fingerprint density at radius 1 is 1.56 bits per heavy atom. The molecule has 4 N–H and O–H groups in total. The van der Waals surface area contributed by atoms with Gasteiger partial charge in [0.2, 0.25) is 0 Å². The topological polar surface area (TPSA) is 103 Å². The molecular formula is C10H14N2O4. The van der Waals surface area contributed by atoms with E-state index in [1.807, 2.05) is 0 Å². The number of rotatable bonds is 5. The zero-order valence-electron chi connectivity index (χ0n) is 8.84. The van der Waals surface area contributed by atoms with Crippen LogP contribution >= 0.6 is 0 Å². The maximum absolute atomic E-state index is 10.8. The normalized spacial score (nSPS) is 12.2. The Morgan fingerprint density at radius 3 is 2.81 bits per heavy atom. The van der Waals surface area contributed by atoms with E-state index in [0.29, 0.717) is 11.5 Å². The molecule has 0 spiro atoms. The zero-order valence-corrected chi connectivity index (χ0v) is 8.84. The number of aryl methyl sites for hydroxylation is 1. The predicted octanol–water partition coefficient (Wildman–Crippen LogP) is -0.147. The molecule has 6 heteroatoms. The van der Waals surface area contributed by atoms with Crippen molar-refractivity contribution < 1.29 is 20.1 Å². The van der Waals surface area contributed by atoms with Crippen LogP contribution in [0, 0.1) is 6.92 Å². The maximum atomic E-state index is 10.8. The summed E-state index contributed by atoms with van der Waals surface area (Å²) in [6.07, 6.45) is -0.893. The van der Waals surface area contributed by atoms with E-state index in [-0.39, 0.29) is 18.7 Å². The summed E-state index contributed by atoms with van der Waals surface area (Å²) >= 11 is 0. The van der Waals surface area contributed by atoms with Gasteiger partial charge in [-0.3, -0.25) is 0 Å². The first-order chi connectivity index (χ1) is 7.52. The fraction of sp³-hybridized carbons (Fsp3) is 0.400. The molecule has 0 aliphatic carbocycles. The Morgan fingerprint density at radius 2 is 2.25 bits per heavy atom. The quantitative estimate of drug-likeness (QED) is 0.557. The monoisotopic (exact) mass is 226 g/mol. The molecule has 1 unspecified atom stereocenters.